The van der Waals surface area contributed by atoms with Gasteiger partial charge in [0.1, 0.15) is 0 Å². The first-order valence-electron chi connectivity index (χ1n) is 8.46. The Morgan fingerprint density at radius 1 is 1.14 bits per heavy atom. The maximum atomic E-state index is 12.7. The molecule has 1 N–H and O–H groups in total. The van der Waals surface area contributed by atoms with Gasteiger partial charge in [-0.2, -0.15) is 9.41 Å². The summed E-state index contributed by atoms with van der Waals surface area (Å²) in [4.78, 5) is 13.2. The lowest BCUT2D eigenvalue weighted by atomic mass is 10.2. The molecule has 0 spiro atoms. The molecule has 2 aromatic rings. The van der Waals surface area contributed by atoms with Crippen molar-refractivity contribution in [2.45, 2.75) is 9.79 Å². The maximum Gasteiger partial charge on any atom is 0.255 e. The van der Waals surface area contributed by atoms with Crippen molar-refractivity contribution in [3.8, 4) is 11.5 Å². The zero-order valence-electron chi connectivity index (χ0n) is 16.6. The number of sulfonamides is 1. The second-order valence-electron chi connectivity index (χ2n) is 5.84. The van der Waals surface area contributed by atoms with E-state index in [-0.39, 0.29) is 17.2 Å². The van der Waals surface area contributed by atoms with Crippen LogP contribution in [0.4, 0.5) is 0 Å². The van der Waals surface area contributed by atoms with Gasteiger partial charge >= 0.3 is 0 Å². The molecule has 0 radical (unpaired) electrons. The summed E-state index contributed by atoms with van der Waals surface area (Å²) in [6, 6.07) is 11.9. The van der Waals surface area contributed by atoms with Crippen molar-refractivity contribution in [2.24, 2.45) is 5.10 Å². The molecule has 0 unspecified atom stereocenters. The lowest BCUT2D eigenvalue weighted by Gasteiger charge is -2.17. The number of methoxy groups -OCH3 is 2. The largest absolute Gasteiger partial charge is 0.493 e. The van der Waals surface area contributed by atoms with Crippen molar-refractivity contribution in [1.29, 1.82) is 0 Å². The zero-order chi connectivity index (χ0) is 21.4. The number of thioether (sulfide) groups is 1. The van der Waals surface area contributed by atoms with Crippen LogP contribution in [0.15, 0.2) is 57.4 Å². The van der Waals surface area contributed by atoms with Gasteiger partial charge in [0.25, 0.3) is 5.91 Å². The predicted octanol–water partition coefficient (Wildman–Crippen LogP) is 2.20. The topological polar surface area (TPSA) is 97.3 Å². The van der Waals surface area contributed by atoms with Crippen molar-refractivity contribution < 1.29 is 22.7 Å². The molecular formula is C19H23N3O5S2. The van der Waals surface area contributed by atoms with Gasteiger partial charge in [-0.25, -0.2) is 13.8 Å². The van der Waals surface area contributed by atoms with Gasteiger partial charge in [0.15, 0.2) is 11.5 Å². The Hall–Kier alpha value is -2.56. The van der Waals surface area contributed by atoms with Crippen LogP contribution in [-0.2, 0) is 14.8 Å². The quantitative estimate of drug-likeness (QED) is 0.367. The van der Waals surface area contributed by atoms with Crippen molar-refractivity contribution in [2.75, 3.05) is 34.1 Å². The Morgan fingerprint density at radius 3 is 2.38 bits per heavy atom. The number of carbonyl (C=O) groups excluding carboxylic acids is 1. The molecule has 1 amide bonds. The van der Waals surface area contributed by atoms with E-state index in [1.54, 1.807) is 11.8 Å². The van der Waals surface area contributed by atoms with Crippen LogP contribution in [-0.4, -0.2) is 58.9 Å². The van der Waals surface area contributed by atoms with E-state index in [1.807, 2.05) is 30.5 Å². The second-order valence-corrected chi connectivity index (χ2v) is 8.77. The molecule has 156 valence electrons. The van der Waals surface area contributed by atoms with E-state index in [0.717, 1.165) is 14.8 Å². The first-order valence-corrected chi connectivity index (χ1v) is 11.1. The summed E-state index contributed by atoms with van der Waals surface area (Å²) in [6.07, 6.45) is 3.47. The minimum absolute atomic E-state index is 0.0113. The number of rotatable bonds is 9. The average Bonchev–Trinajstić information content (AvgIpc) is 2.73. The molecule has 0 bridgehead atoms. The molecule has 0 atom stereocenters. The molecular weight excluding hydrogens is 414 g/mol. The third kappa shape index (κ3) is 5.96. The number of likely N-dealkylation sites (N-methyl/N-ethyl adjacent to an activating group) is 1. The molecule has 0 fully saturated rings. The normalized spacial score (nSPS) is 11.6. The fourth-order valence-corrected chi connectivity index (χ4v) is 3.90. The summed E-state index contributed by atoms with van der Waals surface area (Å²) in [7, 11) is 0.295. The highest BCUT2D eigenvalue weighted by Gasteiger charge is 2.24. The van der Waals surface area contributed by atoms with Crippen LogP contribution in [0.25, 0.3) is 0 Å². The van der Waals surface area contributed by atoms with E-state index >= 15 is 0 Å². The van der Waals surface area contributed by atoms with E-state index in [1.165, 1.54) is 45.7 Å². The van der Waals surface area contributed by atoms with Crippen LogP contribution in [0, 0.1) is 0 Å². The average molecular weight is 438 g/mol. The van der Waals surface area contributed by atoms with Crippen molar-refractivity contribution in [3.63, 3.8) is 0 Å². The molecule has 10 heteroatoms. The number of hydrogen-bond acceptors (Lipinski definition) is 7. The molecule has 0 aliphatic heterocycles. The van der Waals surface area contributed by atoms with Crippen LogP contribution < -0.4 is 14.9 Å². The third-order valence-electron chi connectivity index (χ3n) is 3.95. The molecule has 0 saturated heterocycles. The van der Waals surface area contributed by atoms with Crippen LogP contribution >= 0.6 is 11.8 Å². The number of nitrogens with one attached hydrogen (secondary N) is 1. The highest BCUT2D eigenvalue weighted by molar-refractivity contribution is 7.98. The summed E-state index contributed by atoms with van der Waals surface area (Å²) in [5, 5.41) is 3.87. The fourth-order valence-electron chi connectivity index (χ4n) is 2.35. The number of ether oxygens (including phenoxy) is 2. The Kier molecular flexibility index (Phi) is 8.06. The third-order valence-corrected chi connectivity index (χ3v) is 6.49. The van der Waals surface area contributed by atoms with Gasteiger partial charge in [-0.15, -0.1) is 11.8 Å². The van der Waals surface area contributed by atoms with Gasteiger partial charge in [-0.3, -0.25) is 4.79 Å². The van der Waals surface area contributed by atoms with Crippen molar-refractivity contribution >= 4 is 33.9 Å². The van der Waals surface area contributed by atoms with Crippen LogP contribution in [0.3, 0.4) is 0 Å². The second kappa shape index (κ2) is 10.3. The SMILES string of the molecule is COc1ccc(S(=O)(=O)N(C)CC(=O)N/N=C\c2ccc(SC)cc2)cc1OC. The van der Waals surface area contributed by atoms with E-state index in [9.17, 15) is 13.2 Å². The van der Waals surface area contributed by atoms with Crippen LogP contribution in [0.1, 0.15) is 5.56 Å². The number of amides is 1. The Balaban J connectivity index is 2.01. The number of hydrazone groups is 1. The Labute approximate surface area is 174 Å². The van der Waals surface area contributed by atoms with Gasteiger partial charge in [-0.1, -0.05) is 12.1 Å². The van der Waals surface area contributed by atoms with E-state index in [2.05, 4.69) is 10.5 Å². The summed E-state index contributed by atoms with van der Waals surface area (Å²) >= 11 is 1.63. The smallest absolute Gasteiger partial charge is 0.255 e. The monoisotopic (exact) mass is 437 g/mol. The van der Waals surface area contributed by atoms with E-state index < -0.39 is 15.9 Å². The van der Waals surface area contributed by atoms with Crippen molar-refractivity contribution in [3.05, 3.63) is 48.0 Å². The minimum Gasteiger partial charge on any atom is -0.493 e. The number of benzene rings is 2. The molecule has 0 saturated carbocycles. The lowest BCUT2D eigenvalue weighted by molar-refractivity contribution is -0.121. The van der Waals surface area contributed by atoms with E-state index in [4.69, 9.17) is 9.47 Å². The summed E-state index contributed by atoms with van der Waals surface area (Å²) in [5.74, 6) is 0.129. The van der Waals surface area contributed by atoms with Crippen LogP contribution in [0.2, 0.25) is 0 Å². The lowest BCUT2D eigenvalue weighted by Crippen LogP contribution is -2.36. The van der Waals surface area contributed by atoms with Gasteiger partial charge in [-0.05, 0) is 36.1 Å². The summed E-state index contributed by atoms with van der Waals surface area (Å²) in [5.41, 5.74) is 3.14. The van der Waals surface area contributed by atoms with Gasteiger partial charge in [0.2, 0.25) is 10.0 Å². The molecule has 2 rings (SSSR count). The standard InChI is InChI=1S/C19H23N3O5S2/c1-22(29(24,25)16-9-10-17(26-2)18(11-16)27-3)13-19(23)21-20-12-14-5-7-15(28-4)8-6-14/h5-12H,13H2,1-4H3,(H,21,23)/b20-12-. The first kappa shape index (κ1) is 22.7. The molecule has 2 aromatic carbocycles. The molecule has 8 nitrogen and oxygen atoms in total. The Bertz CT molecular complexity index is 976. The zero-order valence-corrected chi connectivity index (χ0v) is 18.2. The summed E-state index contributed by atoms with van der Waals surface area (Å²) in [6.45, 7) is -0.389. The molecule has 0 aliphatic carbocycles. The predicted molar refractivity (Wildman–Crippen MR) is 113 cm³/mol. The Morgan fingerprint density at radius 2 is 1.79 bits per heavy atom. The number of nitrogens with zero attached hydrogens (tertiary/aromatic N) is 2. The molecule has 29 heavy (non-hydrogen) atoms. The first-order chi connectivity index (χ1) is 13.8. The summed E-state index contributed by atoms with van der Waals surface area (Å²) < 4.78 is 36.6. The van der Waals surface area contributed by atoms with Gasteiger partial charge < -0.3 is 9.47 Å². The van der Waals surface area contributed by atoms with E-state index in [0.29, 0.717) is 5.75 Å². The van der Waals surface area contributed by atoms with Gasteiger partial charge in [0, 0.05) is 18.0 Å². The molecule has 0 heterocycles. The number of carbonyl (C=O) groups is 1. The maximum absolute atomic E-state index is 12.7. The van der Waals surface area contributed by atoms with Crippen molar-refractivity contribution in [1.82, 2.24) is 9.73 Å². The van der Waals surface area contributed by atoms with Crippen LogP contribution in [0.5, 0.6) is 11.5 Å². The minimum atomic E-state index is -3.89. The molecule has 0 aliphatic rings. The molecule has 0 aromatic heterocycles. The highest BCUT2D eigenvalue weighted by Crippen LogP contribution is 2.30. The highest BCUT2D eigenvalue weighted by atomic mass is 32.2. The number of hydrogen-bond donors (Lipinski definition) is 1. The van der Waals surface area contributed by atoms with Gasteiger partial charge in [0.05, 0.1) is 31.9 Å². The fraction of sp³-hybridized carbons (Fsp3) is 0.263.